The highest BCUT2D eigenvalue weighted by Crippen LogP contribution is 2.33. The van der Waals surface area contributed by atoms with Crippen molar-refractivity contribution in [1.82, 2.24) is 10.2 Å². The Morgan fingerprint density at radius 2 is 1.54 bits per heavy atom. The second kappa shape index (κ2) is 13.5. The zero-order valence-corrected chi connectivity index (χ0v) is 24.1. The summed E-state index contributed by atoms with van der Waals surface area (Å²) < 4.78 is 34.6. The molecule has 3 aromatic rings. The summed E-state index contributed by atoms with van der Waals surface area (Å²) in [5, 5.41) is 3.22. The summed E-state index contributed by atoms with van der Waals surface area (Å²) in [7, 11) is -4.23. The van der Waals surface area contributed by atoms with Crippen molar-refractivity contribution in [2.45, 2.75) is 51.2 Å². The number of rotatable bonds is 12. The van der Waals surface area contributed by atoms with Gasteiger partial charge in [-0.3, -0.25) is 13.9 Å². The van der Waals surface area contributed by atoms with Gasteiger partial charge in [0.05, 0.1) is 17.2 Å². The largest absolute Gasteiger partial charge is 0.492 e. The monoisotopic (exact) mass is 571 g/mol. The van der Waals surface area contributed by atoms with Crippen molar-refractivity contribution in [2.75, 3.05) is 17.5 Å². The number of nitrogens with zero attached hydrogens (tertiary/aromatic N) is 2. The first-order valence-corrected chi connectivity index (χ1v) is 14.5. The Balaban J connectivity index is 2.07. The summed E-state index contributed by atoms with van der Waals surface area (Å²) >= 11 is 6.00. The van der Waals surface area contributed by atoms with Crippen LogP contribution in [0, 0.1) is 0 Å². The first-order valence-electron chi connectivity index (χ1n) is 12.7. The van der Waals surface area contributed by atoms with Crippen molar-refractivity contribution in [2.24, 2.45) is 0 Å². The van der Waals surface area contributed by atoms with Crippen LogP contribution in [0.25, 0.3) is 0 Å². The maximum Gasteiger partial charge on any atom is 0.264 e. The van der Waals surface area contributed by atoms with Crippen molar-refractivity contribution in [3.63, 3.8) is 0 Å². The zero-order chi connectivity index (χ0) is 28.6. The minimum atomic E-state index is -4.23. The first kappa shape index (κ1) is 30.0. The number of para-hydroxylation sites is 2. The Morgan fingerprint density at radius 1 is 0.923 bits per heavy atom. The number of nitrogens with one attached hydrogen (secondary N) is 1. The molecule has 0 radical (unpaired) electrons. The number of hydrogen-bond acceptors (Lipinski definition) is 5. The molecule has 0 aliphatic heterocycles. The number of carbonyl (C=O) groups excluding carboxylic acids is 2. The Labute approximate surface area is 235 Å². The maximum absolute atomic E-state index is 13.9. The van der Waals surface area contributed by atoms with Crippen molar-refractivity contribution in [3.8, 4) is 5.75 Å². The van der Waals surface area contributed by atoms with Gasteiger partial charge in [0.25, 0.3) is 10.0 Å². The van der Waals surface area contributed by atoms with Crippen LogP contribution in [0.2, 0.25) is 5.02 Å². The van der Waals surface area contributed by atoms with Crippen molar-refractivity contribution in [3.05, 3.63) is 89.4 Å². The van der Waals surface area contributed by atoms with Gasteiger partial charge in [-0.15, -0.1) is 0 Å². The number of benzene rings is 3. The lowest BCUT2D eigenvalue weighted by Crippen LogP contribution is -2.52. The normalized spacial score (nSPS) is 12.1. The molecule has 0 aliphatic carbocycles. The molecular weight excluding hydrogens is 538 g/mol. The van der Waals surface area contributed by atoms with Crippen molar-refractivity contribution >= 4 is 39.1 Å². The Morgan fingerprint density at radius 3 is 2.15 bits per heavy atom. The van der Waals surface area contributed by atoms with E-state index in [-0.39, 0.29) is 29.1 Å². The zero-order valence-electron chi connectivity index (χ0n) is 22.5. The van der Waals surface area contributed by atoms with Gasteiger partial charge in [-0.25, -0.2) is 8.42 Å². The van der Waals surface area contributed by atoms with Crippen LogP contribution in [0.3, 0.4) is 0 Å². The quantitative estimate of drug-likeness (QED) is 0.334. The molecular formula is C29H34ClN3O5S. The Bertz CT molecular complexity index is 1370. The lowest BCUT2D eigenvalue weighted by atomic mass is 10.1. The predicted molar refractivity (Wildman–Crippen MR) is 153 cm³/mol. The van der Waals surface area contributed by atoms with Gasteiger partial charge in [-0.2, -0.15) is 0 Å². The van der Waals surface area contributed by atoms with Crippen LogP contribution in [0.4, 0.5) is 5.69 Å². The topological polar surface area (TPSA) is 96.0 Å². The molecule has 0 fully saturated rings. The van der Waals surface area contributed by atoms with Crippen LogP contribution in [0.5, 0.6) is 5.75 Å². The van der Waals surface area contributed by atoms with Gasteiger partial charge in [0, 0.05) is 17.6 Å². The third-order valence-electron chi connectivity index (χ3n) is 5.91. The molecule has 0 spiro atoms. The van der Waals surface area contributed by atoms with E-state index in [2.05, 4.69) is 5.32 Å². The van der Waals surface area contributed by atoms with E-state index in [0.29, 0.717) is 17.4 Å². The molecule has 3 aromatic carbocycles. The van der Waals surface area contributed by atoms with E-state index in [9.17, 15) is 18.0 Å². The number of amides is 2. The molecule has 208 valence electrons. The second-order valence-corrected chi connectivity index (χ2v) is 11.5. The van der Waals surface area contributed by atoms with E-state index in [0.717, 1.165) is 9.87 Å². The number of carbonyl (C=O) groups is 2. The van der Waals surface area contributed by atoms with E-state index >= 15 is 0 Å². The van der Waals surface area contributed by atoms with Crippen LogP contribution < -0.4 is 14.4 Å². The predicted octanol–water partition coefficient (Wildman–Crippen LogP) is 4.88. The molecule has 0 aliphatic rings. The fraction of sp³-hybridized carbons (Fsp3) is 0.310. The van der Waals surface area contributed by atoms with Gasteiger partial charge in [-0.05, 0) is 69.7 Å². The number of halogens is 1. The van der Waals surface area contributed by atoms with Gasteiger partial charge >= 0.3 is 0 Å². The van der Waals surface area contributed by atoms with E-state index in [4.69, 9.17) is 16.3 Å². The molecule has 3 rings (SSSR count). The van der Waals surface area contributed by atoms with E-state index in [1.165, 1.54) is 29.2 Å². The number of anilines is 1. The van der Waals surface area contributed by atoms with Gasteiger partial charge in [0.15, 0.2) is 0 Å². The van der Waals surface area contributed by atoms with Gasteiger partial charge in [0.1, 0.15) is 18.3 Å². The minimum absolute atomic E-state index is 0.0359. The van der Waals surface area contributed by atoms with Gasteiger partial charge in [0.2, 0.25) is 11.8 Å². The van der Waals surface area contributed by atoms with E-state index in [1.807, 2.05) is 44.2 Å². The summed E-state index contributed by atoms with van der Waals surface area (Å²) in [6, 6.07) is 20.6. The highest BCUT2D eigenvalue weighted by atomic mass is 35.5. The lowest BCUT2D eigenvalue weighted by molar-refractivity contribution is -0.139. The van der Waals surface area contributed by atoms with Crippen LogP contribution >= 0.6 is 11.6 Å². The molecule has 1 N–H and O–H groups in total. The van der Waals surface area contributed by atoms with Crippen LogP contribution in [-0.2, 0) is 26.2 Å². The summed E-state index contributed by atoms with van der Waals surface area (Å²) in [5.41, 5.74) is 1.01. The summed E-state index contributed by atoms with van der Waals surface area (Å²) in [4.78, 5) is 28.3. The van der Waals surface area contributed by atoms with Gasteiger partial charge < -0.3 is 15.0 Å². The highest BCUT2D eigenvalue weighted by molar-refractivity contribution is 7.92. The lowest BCUT2D eigenvalue weighted by Gasteiger charge is -2.32. The first-order chi connectivity index (χ1) is 18.5. The maximum atomic E-state index is 13.9. The average molecular weight is 572 g/mol. The number of sulfonamides is 1. The fourth-order valence-corrected chi connectivity index (χ4v) is 5.51. The molecule has 0 bridgehead atoms. The van der Waals surface area contributed by atoms with Gasteiger partial charge in [-0.1, -0.05) is 54.1 Å². The number of hydrogen-bond donors (Lipinski definition) is 1. The molecule has 0 saturated carbocycles. The fourth-order valence-electron chi connectivity index (χ4n) is 3.96. The standard InChI is InChI=1S/C29H34ClN3O5S/c1-5-38-27-14-10-9-13-26(27)33(39(36,37)25-17-15-24(30)16-18-25)20-28(34)32(19-23-11-7-6-8-12-23)22(4)29(35)31-21(2)3/h6-18,21-22H,5,19-20H2,1-4H3,(H,31,35). The SMILES string of the molecule is CCOc1ccccc1N(CC(=O)N(Cc1ccccc1)C(C)C(=O)NC(C)C)S(=O)(=O)c1ccc(Cl)cc1. The smallest absolute Gasteiger partial charge is 0.264 e. The van der Waals surface area contributed by atoms with E-state index in [1.54, 1.807) is 38.1 Å². The minimum Gasteiger partial charge on any atom is -0.492 e. The molecule has 10 heteroatoms. The van der Waals surface area contributed by atoms with Crippen molar-refractivity contribution in [1.29, 1.82) is 0 Å². The summed E-state index contributed by atoms with van der Waals surface area (Å²) in [5.74, 6) is -0.573. The van der Waals surface area contributed by atoms with Crippen molar-refractivity contribution < 1.29 is 22.7 Å². The third kappa shape index (κ3) is 7.74. The van der Waals surface area contributed by atoms with E-state index < -0.39 is 28.5 Å². The number of ether oxygens (including phenoxy) is 1. The molecule has 8 nitrogen and oxygen atoms in total. The Kier molecular flexibility index (Phi) is 10.4. The summed E-state index contributed by atoms with van der Waals surface area (Å²) in [6.07, 6.45) is 0. The molecule has 1 unspecified atom stereocenters. The molecule has 0 saturated heterocycles. The Hall–Kier alpha value is -3.56. The molecule has 2 amide bonds. The average Bonchev–Trinajstić information content (AvgIpc) is 2.91. The van der Waals surface area contributed by atoms with Crippen LogP contribution in [0.1, 0.15) is 33.3 Å². The summed E-state index contributed by atoms with van der Waals surface area (Å²) in [6.45, 7) is 6.95. The highest BCUT2D eigenvalue weighted by Gasteiger charge is 2.33. The third-order valence-corrected chi connectivity index (χ3v) is 7.93. The molecule has 1 atom stereocenters. The molecule has 0 heterocycles. The van der Waals surface area contributed by atoms with Crippen LogP contribution in [0.15, 0.2) is 83.8 Å². The van der Waals surface area contributed by atoms with Crippen LogP contribution in [-0.4, -0.2) is 50.4 Å². The molecule has 0 aromatic heterocycles. The second-order valence-electron chi connectivity index (χ2n) is 9.21. The molecule has 39 heavy (non-hydrogen) atoms.